The molecule has 22 heavy (non-hydrogen) atoms. The van der Waals surface area contributed by atoms with Gasteiger partial charge in [0.1, 0.15) is 0 Å². The summed E-state index contributed by atoms with van der Waals surface area (Å²) in [7, 11) is 1.94. The zero-order valence-electron chi connectivity index (χ0n) is 13.0. The highest BCUT2D eigenvalue weighted by molar-refractivity contribution is 6.07. The van der Waals surface area contributed by atoms with Crippen LogP contribution in [-0.2, 0) is 11.8 Å². The predicted octanol–water partition coefficient (Wildman–Crippen LogP) is 1.90. The minimum absolute atomic E-state index is 0.0183. The summed E-state index contributed by atoms with van der Waals surface area (Å²) in [6.45, 7) is 2.44. The van der Waals surface area contributed by atoms with Crippen LogP contribution in [0.5, 0.6) is 0 Å². The van der Waals surface area contributed by atoms with Crippen LogP contribution < -0.4 is 5.73 Å². The Labute approximate surface area is 129 Å². The van der Waals surface area contributed by atoms with E-state index in [-0.39, 0.29) is 23.8 Å². The Balaban J connectivity index is 1.96. The SMILES string of the molecule is C[C@H]1CC[C@H](C(N)=O)CN1C(=O)c1cn(C)c2ccccc12. The van der Waals surface area contributed by atoms with Crippen LogP contribution in [0.25, 0.3) is 10.9 Å². The van der Waals surface area contributed by atoms with E-state index in [4.69, 9.17) is 5.73 Å². The molecule has 0 spiro atoms. The topological polar surface area (TPSA) is 68.3 Å². The Morgan fingerprint density at radius 2 is 1.95 bits per heavy atom. The maximum absolute atomic E-state index is 13.0. The predicted molar refractivity (Wildman–Crippen MR) is 85.3 cm³/mol. The fourth-order valence-corrected chi connectivity index (χ4v) is 3.29. The molecular weight excluding hydrogens is 278 g/mol. The molecule has 0 aliphatic carbocycles. The van der Waals surface area contributed by atoms with Gasteiger partial charge >= 0.3 is 0 Å². The van der Waals surface area contributed by atoms with E-state index in [1.165, 1.54) is 0 Å². The first-order valence-electron chi connectivity index (χ1n) is 7.63. The number of hydrogen-bond donors (Lipinski definition) is 1. The number of likely N-dealkylation sites (tertiary alicyclic amines) is 1. The fourth-order valence-electron chi connectivity index (χ4n) is 3.29. The van der Waals surface area contributed by atoms with Gasteiger partial charge < -0.3 is 15.2 Å². The van der Waals surface area contributed by atoms with Crippen LogP contribution in [-0.4, -0.2) is 33.9 Å². The number of piperidine rings is 1. The molecule has 1 aromatic heterocycles. The molecule has 1 fully saturated rings. The molecule has 1 aliphatic heterocycles. The van der Waals surface area contributed by atoms with Crippen LogP contribution in [0.3, 0.4) is 0 Å². The number of aromatic nitrogens is 1. The first kappa shape index (κ1) is 14.6. The molecule has 1 aliphatic rings. The third-order valence-electron chi connectivity index (χ3n) is 4.67. The number of nitrogens with two attached hydrogens (primary N) is 1. The van der Waals surface area contributed by atoms with E-state index in [9.17, 15) is 9.59 Å². The Hall–Kier alpha value is -2.30. The van der Waals surface area contributed by atoms with E-state index in [1.54, 1.807) is 4.90 Å². The summed E-state index contributed by atoms with van der Waals surface area (Å²) in [4.78, 5) is 26.2. The molecule has 5 nitrogen and oxygen atoms in total. The molecule has 3 rings (SSSR count). The second-order valence-electron chi connectivity index (χ2n) is 6.15. The average Bonchev–Trinajstić information content (AvgIpc) is 2.84. The van der Waals surface area contributed by atoms with Gasteiger partial charge in [-0.25, -0.2) is 0 Å². The average molecular weight is 299 g/mol. The van der Waals surface area contributed by atoms with Crippen LogP contribution in [0.2, 0.25) is 0 Å². The van der Waals surface area contributed by atoms with E-state index >= 15 is 0 Å². The van der Waals surface area contributed by atoms with Crippen LogP contribution >= 0.6 is 0 Å². The number of benzene rings is 1. The quantitative estimate of drug-likeness (QED) is 0.920. The highest BCUT2D eigenvalue weighted by Crippen LogP contribution is 2.27. The number of amides is 2. The number of aryl methyl sites for hydroxylation is 1. The van der Waals surface area contributed by atoms with Gasteiger partial charge in [0.2, 0.25) is 5.91 Å². The van der Waals surface area contributed by atoms with Crippen LogP contribution in [0.1, 0.15) is 30.1 Å². The van der Waals surface area contributed by atoms with E-state index < -0.39 is 0 Å². The zero-order chi connectivity index (χ0) is 15.9. The number of carbonyl (C=O) groups is 2. The summed E-state index contributed by atoms with van der Waals surface area (Å²) in [6.07, 6.45) is 3.44. The van der Waals surface area contributed by atoms with Crippen molar-refractivity contribution in [3.05, 3.63) is 36.0 Å². The van der Waals surface area contributed by atoms with Gasteiger partial charge in [0.25, 0.3) is 5.91 Å². The summed E-state index contributed by atoms with van der Waals surface area (Å²) in [5.41, 5.74) is 7.15. The number of fused-ring (bicyclic) bond motifs is 1. The molecule has 2 amide bonds. The lowest BCUT2D eigenvalue weighted by Crippen LogP contribution is -2.48. The Bertz CT molecular complexity index is 735. The van der Waals surface area contributed by atoms with Crippen molar-refractivity contribution in [2.45, 2.75) is 25.8 Å². The molecule has 1 aromatic carbocycles. The highest BCUT2D eigenvalue weighted by atomic mass is 16.2. The fraction of sp³-hybridized carbons (Fsp3) is 0.412. The van der Waals surface area contributed by atoms with Crippen molar-refractivity contribution in [3.63, 3.8) is 0 Å². The lowest BCUT2D eigenvalue weighted by molar-refractivity contribution is -0.123. The molecule has 116 valence electrons. The Morgan fingerprint density at radius 1 is 1.23 bits per heavy atom. The lowest BCUT2D eigenvalue weighted by atomic mass is 9.92. The minimum Gasteiger partial charge on any atom is -0.369 e. The molecule has 2 heterocycles. The second kappa shape index (κ2) is 5.48. The van der Waals surface area contributed by atoms with Crippen molar-refractivity contribution >= 4 is 22.7 Å². The molecular formula is C17H21N3O2. The lowest BCUT2D eigenvalue weighted by Gasteiger charge is -2.36. The van der Waals surface area contributed by atoms with E-state index in [0.717, 1.165) is 23.7 Å². The Kier molecular flexibility index (Phi) is 3.64. The highest BCUT2D eigenvalue weighted by Gasteiger charge is 2.33. The molecule has 2 aromatic rings. The largest absolute Gasteiger partial charge is 0.369 e. The van der Waals surface area contributed by atoms with Gasteiger partial charge in [-0.15, -0.1) is 0 Å². The van der Waals surface area contributed by atoms with Crippen molar-refractivity contribution < 1.29 is 9.59 Å². The van der Waals surface area contributed by atoms with Crippen LogP contribution in [0.4, 0.5) is 0 Å². The van der Waals surface area contributed by atoms with E-state index in [2.05, 4.69) is 0 Å². The van der Waals surface area contributed by atoms with Crippen LogP contribution in [0.15, 0.2) is 30.5 Å². The number of para-hydroxylation sites is 1. The molecule has 2 N–H and O–H groups in total. The third-order valence-corrected chi connectivity index (χ3v) is 4.67. The van der Waals surface area contributed by atoms with Gasteiger partial charge in [0, 0.05) is 36.7 Å². The standard InChI is InChI=1S/C17H21N3O2/c1-11-7-8-12(16(18)21)9-20(11)17(22)14-10-19(2)15-6-4-3-5-13(14)15/h3-6,10-12H,7-9H2,1-2H3,(H2,18,21)/t11-,12-/m0/s1. The monoisotopic (exact) mass is 299 g/mol. The number of rotatable bonds is 2. The van der Waals surface area contributed by atoms with Crippen LogP contribution in [0, 0.1) is 5.92 Å². The number of nitrogens with zero attached hydrogens (tertiary/aromatic N) is 2. The maximum Gasteiger partial charge on any atom is 0.256 e. The second-order valence-corrected chi connectivity index (χ2v) is 6.15. The van der Waals surface area contributed by atoms with Crippen molar-refractivity contribution in [1.29, 1.82) is 0 Å². The number of primary amides is 1. The minimum atomic E-state index is -0.317. The smallest absolute Gasteiger partial charge is 0.256 e. The molecule has 2 atom stereocenters. The van der Waals surface area contributed by atoms with Gasteiger partial charge in [-0.3, -0.25) is 9.59 Å². The van der Waals surface area contributed by atoms with E-state index in [1.807, 2.05) is 49.0 Å². The molecule has 1 saturated heterocycles. The summed E-state index contributed by atoms with van der Waals surface area (Å²) in [5, 5.41) is 0.948. The van der Waals surface area contributed by atoms with Gasteiger partial charge in [-0.1, -0.05) is 18.2 Å². The molecule has 0 unspecified atom stereocenters. The number of carbonyl (C=O) groups excluding carboxylic acids is 2. The molecule has 0 bridgehead atoms. The summed E-state index contributed by atoms with van der Waals surface area (Å²) in [6, 6.07) is 7.98. The summed E-state index contributed by atoms with van der Waals surface area (Å²) >= 11 is 0. The first-order chi connectivity index (χ1) is 10.5. The third kappa shape index (κ3) is 2.36. The number of hydrogen-bond acceptors (Lipinski definition) is 2. The zero-order valence-corrected chi connectivity index (χ0v) is 13.0. The van der Waals surface area contributed by atoms with Gasteiger partial charge in [0.15, 0.2) is 0 Å². The summed E-state index contributed by atoms with van der Waals surface area (Å²) in [5.74, 6) is -0.576. The maximum atomic E-state index is 13.0. The first-order valence-corrected chi connectivity index (χ1v) is 7.63. The van der Waals surface area contributed by atoms with Gasteiger partial charge in [-0.05, 0) is 25.8 Å². The van der Waals surface area contributed by atoms with Crippen molar-refractivity contribution in [3.8, 4) is 0 Å². The Morgan fingerprint density at radius 3 is 2.68 bits per heavy atom. The van der Waals surface area contributed by atoms with E-state index in [0.29, 0.717) is 12.1 Å². The van der Waals surface area contributed by atoms with Gasteiger partial charge in [0.05, 0.1) is 11.5 Å². The molecule has 5 heteroatoms. The molecule has 0 radical (unpaired) electrons. The van der Waals surface area contributed by atoms with Crippen molar-refractivity contribution in [1.82, 2.24) is 9.47 Å². The van der Waals surface area contributed by atoms with Crippen molar-refractivity contribution in [2.24, 2.45) is 18.7 Å². The summed E-state index contributed by atoms with van der Waals surface area (Å²) < 4.78 is 1.96. The van der Waals surface area contributed by atoms with Gasteiger partial charge in [-0.2, -0.15) is 0 Å². The van der Waals surface area contributed by atoms with Crippen molar-refractivity contribution in [2.75, 3.05) is 6.54 Å². The normalized spacial score (nSPS) is 22.0. The molecule has 0 saturated carbocycles.